The number of thioether (sulfide) groups is 1. The average molecular weight is 477 g/mol. The molecule has 33 heavy (non-hydrogen) atoms. The van der Waals surface area contributed by atoms with Gasteiger partial charge < -0.3 is 5.32 Å². The highest BCUT2D eigenvalue weighted by Gasteiger charge is 2.18. The van der Waals surface area contributed by atoms with Gasteiger partial charge in [-0.05, 0) is 79.4 Å². The van der Waals surface area contributed by atoms with E-state index < -0.39 is 0 Å². The van der Waals surface area contributed by atoms with Crippen LogP contribution in [0.5, 0.6) is 0 Å². The van der Waals surface area contributed by atoms with E-state index >= 15 is 0 Å². The summed E-state index contributed by atoms with van der Waals surface area (Å²) in [4.78, 5) is 12.7. The zero-order valence-electron chi connectivity index (χ0n) is 18.8. The molecule has 3 aromatic carbocycles. The molecule has 0 aliphatic rings. The molecule has 0 unspecified atom stereocenters. The molecule has 0 saturated carbocycles. The van der Waals surface area contributed by atoms with Crippen LogP contribution in [0.25, 0.3) is 17.1 Å². The monoisotopic (exact) mass is 476 g/mol. The number of carbonyl (C=O) groups is 1. The van der Waals surface area contributed by atoms with Crippen molar-refractivity contribution in [2.24, 2.45) is 0 Å². The van der Waals surface area contributed by atoms with Gasteiger partial charge in [-0.2, -0.15) is 0 Å². The van der Waals surface area contributed by atoms with Crippen molar-refractivity contribution in [1.29, 1.82) is 0 Å². The lowest BCUT2D eigenvalue weighted by atomic mass is 10.1. The lowest BCUT2D eigenvalue weighted by molar-refractivity contribution is -0.113. The fraction of sp³-hybridized carbons (Fsp3) is 0.192. The van der Waals surface area contributed by atoms with Crippen LogP contribution in [0.3, 0.4) is 0 Å². The van der Waals surface area contributed by atoms with Crippen LogP contribution in [0.15, 0.2) is 71.9 Å². The Bertz CT molecular complexity index is 1270. The molecule has 0 spiro atoms. The van der Waals surface area contributed by atoms with Gasteiger partial charge in [-0.1, -0.05) is 54.6 Å². The predicted octanol–water partition coefficient (Wildman–Crippen LogP) is 6.50. The number of carbonyl (C=O) groups excluding carboxylic acids is 1. The summed E-state index contributed by atoms with van der Waals surface area (Å²) >= 11 is 7.43. The number of nitrogens with one attached hydrogen (secondary N) is 1. The number of aryl methyl sites for hydroxylation is 2. The molecule has 4 rings (SSSR count). The average Bonchev–Trinajstić information content (AvgIpc) is 3.25. The Morgan fingerprint density at radius 3 is 2.42 bits per heavy atom. The van der Waals surface area contributed by atoms with Crippen LogP contribution in [-0.2, 0) is 11.2 Å². The van der Waals surface area contributed by atoms with Crippen molar-refractivity contribution in [3.05, 3.63) is 88.4 Å². The molecule has 1 amide bonds. The molecule has 0 radical (unpaired) electrons. The third kappa shape index (κ3) is 5.29. The van der Waals surface area contributed by atoms with Crippen molar-refractivity contribution in [1.82, 2.24) is 14.8 Å². The fourth-order valence-corrected chi connectivity index (χ4v) is 4.34. The van der Waals surface area contributed by atoms with Crippen molar-refractivity contribution >= 4 is 35.0 Å². The van der Waals surface area contributed by atoms with E-state index in [4.69, 9.17) is 11.6 Å². The Kier molecular flexibility index (Phi) is 7.16. The Labute approximate surface area is 203 Å². The van der Waals surface area contributed by atoms with Crippen LogP contribution >= 0.6 is 23.4 Å². The maximum atomic E-state index is 12.7. The Hall–Kier alpha value is -3.09. The van der Waals surface area contributed by atoms with Crippen molar-refractivity contribution < 1.29 is 4.79 Å². The molecule has 0 atom stereocenters. The summed E-state index contributed by atoms with van der Waals surface area (Å²) in [5, 5.41) is 13.2. The minimum absolute atomic E-state index is 0.0855. The normalized spacial score (nSPS) is 10.9. The highest BCUT2D eigenvalue weighted by molar-refractivity contribution is 7.99. The van der Waals surface area contributed by atoms with Gasteiger partial charge >= 0.3 is 0 Å². The smallest absolute Gasteiger partial charge is 0.234 e. The van der Waals surface area contributed by atoms with E-state index in [9.17, 15) is 4.79 Å². The maximum Gasteiger partial charge on any atom is 0.234 e. The molecule has 0 fully saturated rings. The third-order valence-corrected chi connectivity index (χ3v) is 6.73. The van der Waals surface area contributed by atoms with Crippen LogP contribution in [0.2, 0.25) is 5.02 Å². The molecular weight excluding hydrogens is 452 g/mol. The van der Waals surface area contributed by atoms with Crippen molar-refractivity contribution in [2.75, 3.05) is 11.1 Å². The maximum absolute atomic E-state index is 12.7. The van der Waals surface area contributed by atoms with Gasteiger partial charge in [0.25, 0.3) is 0 Å². The van der Waals surface area contributed by atoms with E-state index in [0.717, 1.165) is 34.5 Å². The lowest BCUT2D eigenvalue weighted by Crippen LogP contribution is -2.15. The molecule has 1 aromatic heterocycles. The summed E-state index contributed by atoms with van der Waals surface area (Å²) in [5.74, 6) is 0.838. The van der Waals surface area contributed by atoms with Gasteiger partial charge in [-0.3, -0.25) is 9.36 Å². The van der Waals surface area contributed by atoms with Gasteiger partial charge in [0.1, 0.15) is 0 Å². The van der Waals surface area contributed by atoms with Crippen molar-refractivity contribution in [3.8, 4) is 17.1 Å². The number of hydrogen-bond acceptors (Lipinski definition) is 4. The lowest BCUT2D eigenvalue weighted by Gasteiger charge is -2.12. The number of aromatic nitrogens is 3. The SMILES string of the molecule is CCc1ccc(-n2c(SCC(=O)Nc3cccc(C)c3C)nnc2-c2ccc(Cl)cc2)cc1. The van der Waals surface area contributed by atoms with Crippen molar-refractivity contribution in [3.63, 3.8) is 0 Å². The zero-order valence-corrected chi connectivity index (χ0v) is 20.4. The highest BCUT2D eigenvalue weighted by atomic mass is 35.5. The van der Waals surface area contributed by atoms with Gasteiger partial charge in [0.2, 0.25) is 5.91 Å². The van der Waals surface area contributed by atoms with Gasteiger partial charge in [0, 0.05) is 22.0 Å². The number of halogens is 1. The van der Waals surface area contributed by atoms with Gasteiger partial charge in [-0.15, -0.1) is 10.2 Å². The Balaban J connectivity index is 1.61. The summed E-state index contributed by atoms with van der Waals surface area (Å²) in [7, 11) is 0. The number of rotatable bonds is 7. The second-order valence-corrected chi connectivity index (χ2v) is 9.13. The zero-order chi connectivity index (χ0) is 23.4. The minimum Gasteiger partial charge on any atom is -0.325 e. The van der Waals surface area contributed by atoms with Gasteiger partial charge in [0.15, 0.2) is 11.0 Å². The van der Waals surface area contributed by atoms with Gasteiger partial charge in [-0.25, -0.2) is 0 Å². The first-order valence-corrected chi connectivity index (χ1v) is 12.1. The summed E-state index contributed by atoms with van der Waals surface area (Å²) < 4.78 is 1.98. The van der Waals surface area contributed by atoms with E-state index in [2.05, 4.69) is 46.7 Å². The Morgan fingerprint density at radius 1 is 1.00 bits per heavy atom. The number of amides is 1. The first kappa shape index (κ1) is 23.1. The first-order valence-electron chi connectivity index (χ1n) is 10.8. The number of anilines is 1. The quantitative estimate of drug-likeness (QED) is 0.309. The van der Waals surface area contributed by atoms with Crippen LogP contribution in [0, 0.1) is 13.8 Å². The number of benzene rings is 3. The summed E-state index contributed by atoms with van der Waals surface area (Å²) in [6.07, 6.45) is 0.965. The molecule has 168 valence electrons. The summed E-state index contributed by atoms with van der Waals surface area (Å²) in [6.45, 7) is 6.17. The minimum atomic E-state index is -0.0855. The van der Waals surface area contributed by atoms with E-state index in [1.54, 1.807) is 0 Å². The third-order valence-electron chi connectivity index (χ3n) is 5.55. The Morgan fingerprint density at radius 2 is 1.73 bits per heavy atom. The molecule has 1 N–H and O–H groups in total. The van der Waals surface area contributed by atoms with Crippen LogP contribution in [0.4, 0.5) is 5.69 Å². The molecule has 4 aromatic rings. The molecule has 7 heteroatoms. The largest absolute Gasteiger partial charge is 0.325 e. The fourth-order valence-electron chi connectivity index (χ4n) is 3.47. The molecule has 0 bridgehead atoms. The number of nitrogens with zero attached hydrogens (tertiary/aromatic N) is 3. The highest BCUT2D eigenvalue weighted by Crippen LogP contribution is 2.29. The second kappa shape index (κ2) is 10.2. The van der Waals surface area contributed by atoms with E-state index in [1.165, 1.54) is 17.3 Å². The summed E-state index contributed by atoms with van der Waals surface area (Å²) in [5.41, 5.74) is 6.14. The molecule has 0 aliphatic carbocycles. The predicted molar refractivity (Wildman–Crippen MR) is 136 cm³/mol. The summed E-state index contributed by atoms with van der Waals surface area (Å²) in [6, 6.07) is 21.7. The van der Waals surface area contributed by atoms with Crippen molar-refractivity contribution in [2.45, 2.75) is 32.3 Å². The topological polar surface area (TPSA) is 59.8 Å². The first-order chi connectivity index (χ1) is 16.0. The molecule has 1 heterocycles. The van der Waals surface area contributed by atoms with E-state index in [-0.39, 0.29) is 11.7 Å². The van der Waals surface area contributed by atoms with Crippen LogP contribution in [-0.4, -0.2) is 26.4 Å². The van der Waals surface area contributed by atoms with E-state index in [0.29, 0.717) is 16.0 Å². The number of hydrogen-bond donors (Lipinski definition) is 1. The molecule has 5 nitrogen and oxygen atoms in total. The second-order valence-electron chi connectivity index (χ2n) is 7.75. The standard InChI is InChI=1S/C26H25ClN4OS/c1-4-19-8-14-22(15-9-19)31-25(20-10-12-21(27)13-11-20)29-30-26(31)33-16-24(32)28-23-7-5-6-17(2)18(23)3/h5-15H,4,16H2,1-3H3,(H,28,32). The molecule has 0 aliphatic heterocycles. The van der Waals surface area contributed by atoms with Gasteiger partial charge in [0.05, 0.1) is 5.75 Å². The molecule has 0 saturated heterocycles. The van der Waals surface area contributed by atoms with E-state index in [1.807, 2.05) is 60.9 Å². The van der Waals surface area contributed by atoms with Crippen LogP contribution < -0.4 is 5.32 Å². The van der Waals surface area contributed by atoms with Crippen LogP contribution in [0.1, 0.15) is 23.6 Å². The molecular formula is C26H25ClN4OS.